The summed E-state index contributed by atoms with van der Waals surface area (Å²) in [5.74, 6) is -1.28. The monoisotopic (exact) mass is 340 g/mol. The molecular weight excluding hydrogens is 323 g/mol. The van der Waals surface area contributed by atoms with Gasteiger partial charge in [0.15, 0.2) is 11.6 Å². The third-order valence-corrected chi connectivity index (χ3v) is 3.54. The van der Waals surface area contributed by atoms with Crippen molar-refractivity contribution in [2.45, 2.75) is 0 Å². The number of nitrogens with zero attached hydrogens (tertiary/aromatic N) is 2. The maximum Gasteiger partial charge on any atom is 0.252 e. The van der Waals surface area contributed by atoms with Crippen LogP contribution in [0, 0.1) is 5.82 Å². The number of halogens is 1. The average molecular weight is 340 g/mol. The molecule has 1 aromatic carbocycles. The van der Waals surface area contributed by atoms with Gasteiger partial charge in [-0.15, -0.1) is 0 Å². The molecule has 0 aliphatic heterocycles. The Morgan fingerprint density at radius 2 is 2.04 bits per heavy atom. The lowest BCUT2D eigenvalue weighted by Gasteiger charge is -2.13. The lowest BCUT2D eigenvalue weighted by molar-refractivity contribution is 0.100. The zero-order chi connectivity index (χ0) is 17.8. The second-order valence-electron chi connectivity index (χ2n) is 5.33. The quantitative estimate of drug-likeness (QED) is 0.545. The number of nitrogens with two attached hydrogens (primary N) is 2. The van der Waals surface area contributed by atoms with Crippen LogP contribution in [0.25, 0.3) is 10.9 Å². The van der Waals surface area contributed by atoms with Crippen LogP contribution in [0.4, 0.5) is 21.7 Å². The topological polar surface area (TPSA) is 119 Å². The van der Waals surface area contributed by atoms with E-state index in [-0.39, 0.29) is 17.2 Å². The van der Waals surface area contributed by atoms with Gasteiger partial charge in [-0.25, -0.2) is 9.37 Å². The fourth-order valence-electron chi connectivity index (χ4n) is 2.38. The third-order valence-electron chi connectivity index (χ3n) is 3.54. The summed E-state index contributed by atoms with van der Waals surface area (Å²) < 4.78 is 14.1. The fraction of sp³-hybridized carbons (Fsp3) is 0.118. The van der Waals surface area contributed by atoms with Crippen LogP contribution >= 0.6 is 0 Å². The van der Waals surface area contributed by atoms with Crippen molar-refractivity contribution >= 4 is 34.1 Å². The first-order valence-electron chi connectivity index (χ1n) is 7.64. The number of hydrogen-bond acceptors (Lipinski definition) is 6. The molecule has 0 radical (unpaired) electrons. The highest BCUT2D eigenvalue weighted by atomic mass is 19.1. The van der Waals surface area contributed by atoms with E-state index < -0.39 is 11.7 Å². The number of nitrogens with one attached hydrogen (secondary N) is 2. The first-order valence-corrected chi connectivity index (χ1v) is 7.64. The van der Waals surface area contributed by atoms with E-state index >= 15 is 0 Å². The molecule has 3 rings (SSSR count). The van der Waals surface area contributed by atoms with Crippen LogP contribution in [-0.4, -0.2) is 29.0 Å². The van der Waals surface area contributed by atoms with Crippen molar-refractivity contribution in [2.75, 3.05) is 23.7 Å². The average Bonchev–Trinajstić information content (AvgIpc) is 2.61. The summed E-state index contributed by atoms with van der Waals surface area (Å²) in [6, 6.07) is 10.3. The van der Waals surface area contributed by atoms with Gasteiger partial charge < -0.3 is 22.1 Å². The Kier molecular flexibility index (Phi) is 4.71. The standard InChI is InChI=1S/C17H17FN6O/c18-13-9-12(15(20)25)16(24-17(13)22-7-5-19)23-11-3-4-14-10(8-11)2-1-6-21-14/h1-4,6,8-9H,5,7,19H2,(H2,20,25)(H2,22,23,24). The summed E-state index contributed by atoms with van der Waals surface area (Å²) in [6.07, 6.45) is 1.71. The third kappa shape index (κ3) is 3.64. The van der Waals surface area contributed by atoms with Gasteiger partial charge in [-0.1, -0.05) is 6.07 Å². The molecule has 2 heterocycles. The molecule has 0 atom stereocenters. The van der Waals surface area contributed by atoms with Crippen molar-refractivity contribution in [2.24, 2.45) is 11.5 Å². The minimum Gasteiger partial charge on any atom is -0.366 e. The van der Waals surface area contributed by atoms with Crippen molar-refractivity contribution in [1.29, 1.82) is 0 Å². The molecule has 2 aromatic heterocycles. The lowest BCUT2D eigenvalue weighted by Crippen LogP contribution is -2.18. The highest BCUT2D eigenvalue weighted by molar-refractivity contribution is 5.99. The van der Waals surface area contributed by atoms with Crippen molar-refractivity contribution in [1.82, 2.24) is 9.97 Å². The zero-order valence-electron chi connectivity index (χ0n) is 13.3. The minimum absolute atomic E-state index is 0.000376. The van der Waals surface area contributed by atoms with Crippen LogP contribution in [0.3, 0.4) is 0 Å². The molecular formula is C17H17FN6O. The van der Waals surface area contributed by atoms with Crippen LogP contribution in [-0.2, 0) is 0 Å². The van der Waals surface area contributed by atoms with E-state index in [1.165, 1.54) is 0 Å². The normalized spacial score (nSPS) is 10.6. The molecule has 8 heteroatoms. The summed E-state index contributed by atoms with van der Waals surface area (Å²) in [5.41, 5.74) is 12.2. The number of hydrogen-bond donors (Lipinski definition) is 4. The maximum absolute atomic E-state index is 14.1. The van der Waals surface area contributed by atoms with Crippen LogP contribution in [0.1, 0.15) is 10.4 Å². The Morgan fingerprint density at radius 3 is 2.80 bits per heavy atom. The number of rotatable bonds is 6. The number of primary amides is 1. The van der Waals surface area contributed by atoms with Gasteiger partial charge in [0.25, 0.3) is 5.91 Å². The number of carbonyl (C=O) groups excluding carboxylic acids is 1. The first kappa shape index (κ1) is 16.6. The maximum atomic E-state index is 14.1. The Hall–Kier alpha value is -3.26. The number of carbonyl (C=O) groups is 1. The van der Waals surface area contributed by atoms with Gasteiger partial charge in [0.1, 0.15) is 5.82 Å². The van der Waals surface area contributed by atoms with Crippen LogP contribution in [0.15, 0.2) is 42.6 Å². The molecule has 25 heavy (non-hydrogen) atoms. The molecule has 128 valence electrons. The smallest absolute Gasteiger partial charge is 0.252 e. The van der Waals surface area contributed by atoms with Crippen LogP contribution < -0.4 is 22.1 Å². The second kappa shape index (κ2) is 7.10. The fourth-order valence-corrected chi connectivity index (χ4v) is 2.38. The van der Waals surface area contributed by atoms with E-state index in [2.05, 4.69) is 20.6 Å². The molecule has 0 unspecified atom stereocenters. The highest BCUT2D eigenvalue weighted by Gasteiger charge is 2.16. The predicted molar refractivity (Wildman–Crippen MR) is 95.3 cm³/mol. The van der Waals surface area contributed by atoms with Crippen LogP contribution in [0.2, 0.25) is 0 Å². The predicted octanol–water partition coefficient (Wildman–Crippen LogP) is 1.98. The van der Waals surface area contributed by atoms with E-state index in [0.717, 1.165) is 17.0 Å². The van der Waals surface area contributed by atoms with Gasteiger partial charge in [-0.2, -0.15) is 0 Å². The molecule has 1 amide bonds. The number of anilines is 3. The Bertz CT molecular complexity index is 930. The SMILES string of the molecule is NCCNc1nc(Nc2ccc3ncccc3c2)c(C(N)=O)cc1F. The van der Waals surface area contributed by atoms with E-state index in [1.807, 2.05) is 24.3 Å². The lowest BCUT2D eigenvalue weighted by atomic mass is 10.2. The first-order chi connectivity index (χ1) is 12.1. The number of amides is 1. The summed E-state index contributed by atoms with van der Waals surface area (Å²) in [7, 11) is 0. The van der Waals surface area contributed by atoms with Crippen molar-refractivity contribution in [3.05, 3.63) is 54.0 Å². The van der Waals surface area contributed by atoms with E-state index in [4.69, 9.17) is 11.5 Å². The van der Waals surface area contributed by atoms with Crippen LogP contribution in [0.5, 0.6) is 0 Å². The molecule has 0 fully saturated rings. The summed E-state index contributed by atoms with van der Waals surface area (Å²) in [6.45, 7) is 0.667. The van der Waals surface area contributed by atoms with Gasteiger partial charge >= 0.3 is 0 Å². The highest BCUT2D eigenvalue weighted by Crippen LogP contribution is 2.25. The second-order valence-corrected chi connectivity index (χ2v) is 5.33. The summed E-state index contributed by atoms with van der Waals surface area (Å²) in [4.78, 5) is 20.0. The number of fused-ring (bicyclic) bond motifs is 1. The Balaban J connectivity index is 1.99. The van der Waals surface area contributed by atoms with Crippen molar-refractivity contribution < 1.29 is 9.18 Å². The zero-order valence-corrected chi connectivity index (χ0v) is 13.3. The van der Waals surface area contributed by atoms with E-state index in [9.17, 15) is 9.18 Å². The number of aromatic nitrogens is 2. The van der Waals surface area contributed by atoms with Gasteiger partial charge in [0.2, 0.25) is 0 Å². The molecule has 0 saturated heterocycles. The van der Waals surface area contributed by atoms with E-state index in [1.54, 1.807) is 12.3 Å². The molecule has 0 aliphatic carbocycles. The van der Waals surface area contributed by atoms with Crippen molar-refractivity contribution in [3.63, 3.8) is 0 Å². The van der Waals surface area contributed by atoms with Gasteiger partial charge in [0, 0.05) is 30.4 Å². The summed E-state index contributed by atoms with van der Waals surface area (Å²) in [5, 5.41) is 6.70. The van der Waals surface area contributed by atoms with Crippen molar-refractivity contribution in [3.8, 4) is 0 Å². The number of benzene rings is 1. The van der Waals surface area contributed by atoms with Gasteiger partial charge in [-0.05, 0) is 30.3 Å². The molecule has 0 bridgehead atoms. The molecule has 0 aliphatic rings. The molecule has 0 saturated carbocycles. The van der Waals surface area contributed by atoms with Gasteiger partial charge in [0.05, 0.1) is 11.1 Å². The largest absolute Gasteiger partial charge is 0.366 e. The Morgan fingerprint density at radius 1 is 1.20 bits per heavy atom. The van der Waals surface area contributed by atoms with E-state index in [0.29, 0.717) is 18.8 Å². The number of pyridine rings is 2. The molecule has 3 aromatic rings. The molecule has 6 N–H and O–H groups in total. The van der Waals surface area contributed by atoms with Gasteiger partial charge in [-0.3, -0.25) is 9.78 Å². The Labute approximate surface area is 143 Å². The molecule has 7 nitrogen and oxygen atoms in total. The minimum atomic E-state index is -0.776. The summed E-state index contributed by atoms with van der Waals surface area (Å²) >= 11 is 0. The molecule has 0 spiro atoms.